The van der Waals surface area contributed by atoms with Crippen molar-refractivity contribution in [2.45, 2.75) is 45.4 Å². The van der Waals surface area contributed by atoms with Gasteiger partial charge in [-0.15, -0.1) is 0 Å². The summed E-state index contributed by atoms with van der Waals surface area (Å²) in [7, 11) is 0. The molecule has 2 atom stereocenters. The van der Waals surface area contributed by atoms with E-state index in [2.05, 4.69) is 12.2 Å². The standard InChI is InChI=1S/C26H29N3O4/c1-3-19-9-18-10-25(33-15-17-7-5-4-6-8-17)24(31)11-20(18)22-12-23(30)21(14-29(19)22)26(32)28-16(2)13-27/h4-8,10-12,14,16,19,31H,3,9,13,15,27H2,1-2H3,(H,28,32). The van der Waals surface area contributed by atoms with Crippen molar-refractivity contribution in [3.63, 3.8) is 0 Å². The van der Waals surface area contributed by atoms with Crippen LogP contribution in [0, 0.1) is 0 Å². The molecular weight excluding hydrogens is 418 g/mol. The average molecular weight is 448 g/mol. The number of hydrogen-bond acceptors (Lipinski definition) is 5. The lowest BCUT2D eigenvalue weighted by Gasteiger charge is -2.31. The third kappa shape index (κ3) is 4.64. The Morgan fingerprint density at radius 3 is 2.73 bits per heavy atom. The minimum Gasteiger partial charge on any atom is -0.504 e. The molecule has 3 aromatic rings. The normalized spacial score (nSPS) is 15.3. The van der Waals surface area contributed by atoms with Crippen LogP contribution in [-0.2, 0) is 13.0 Å². The van der Waals surface area contributed by atoms with Gasteiger partial charge in [0.1, 0.15) is 12.2 Å². The van der Waals surface area contributed by atoms with Gasteiger partial charge in [-0.05, 0) is 43.0 Å². The smallest absolute Gasteiger partial charge is 0.257 e. The first-order valence-electron chi connectivity index (χ1n) is 11.2. The monoisotopic (exact) mass is 447 g/mol. The van der Waals surface area contributed by atoms with Gasteiger partial charge in [0.2, 0.25) is 0 Å². The van der Waals surface area contributed by atoms with Gasteiger partial charge in [-0.25, -0.2) is 0 Å². The van der Waals surface area contributed by atoms with Crippen LogP contribution < -0.4 is 21.2 Å². The zero-order valence-electron chi connectivity index (χ0n) is 18.9. The molecule has 4 rings (SSSR count). The first-order chi connectivity index (χ1) is 15.9. The lowest BCUT2D eigenvalue weighted by atomic mass is 9.90. The molecule has 0 saturated carbocycles. The van der Waals surface area contributed by atoms with Crippen LogP contribution in [0.4, 0.5) is 0 Å². The van der Waals surface area contributed by atoms with Crippen LogP contribution >= 0.6 is 0 Å². The van der Waals surface area contributed by atoms with E-state index in [0.717, 1.165) is 23.1 Å². The van der Waals surface area contributed by atoms with Gasteiger partial charge in [0, 0.05) is 36.5 Å². The van der Waals surface area contributed by atoms with E-state index in [9.17, 15) is 14.7 Å². The summed E-state index contributed by atoms with van der Waals surface area (Å²) >= 11 is 0. The minimum atomic E-state index is -0.429. The van der Waals surface area contributed by atoms with Gasteiger partial charge in [-0.3, -0.25) is 9.59 Å². The van der Waals surface area contributed by atoms with E-state index >= 15 is 0 Å². The quantitative estimate of drug-likeness (QED) is 0.515. The number of aromatic nitrogens is 1. The predicted octanol–water partition coefficient (Wildman–Crippen LogP) is 3.38. The summed E-state index contributed by atoms with van der Waals surface area (Å²) in [6, 6.07) is 14.6. The number of phenols is 1. The highest BCUT2D eigenvalue weighted by atomic mass is 16.5. The van der Waals surface area contributed by atoms with Crippen molar-refractivity contribution >= 4 is 5.91 Å². The lowest BCUT2D eigenvalue weighted by molar-refractivity contribution is 0.0939. The molecule has 172 valence electrons. The molecule has 0 fully saturated rings. The number of aromatic hydroxyl groups is 1. The van der Waals surface area contributed by atoms with Crippen molar-refractivity contribution in [2.24, 2.45) is 5.73 Å². The molecule has 0 aliphatic carbocycles. The van der Waals surface area contributed by atoms with Gasteiger partial charge >= 0.3 is 0 Å². The number of hydrogen-bond donors (Lipinski definition) is 3. The summed E-state index contributed by atoms with van der Waals surface area (Å²) in [5.41, 5.74) is 8.77. The Labute approximate surface area is 192 Å². The van der Waals surface area contributed by atoms with Crippen LogP contribution in [0.15, 0.2) is 59.5 Å². The molecule has 1 amide bonds. The second-order valence-electron chi connectivity index (χ2n) is 8.47. The Morgan fingerprint density at radius 1 is 1.27 bits per heavy atom. The topological polar surface area (TPSA) is 107 Å². The van der Waals surface area contributed by atoms with Gasteiger partial charge in [-0.2, -0.15) is 0 Å². The SMILES string of the molecule is CCC1Cc2cc(OCc3ccccc3)c(O)cc2-c2cc(=O)c(C(=O)NC(C)CN)cn21. The van der Waals surface area contributed by atoms with Crippen molar-refractivity contribution in [1.82, 2.24) is 9.88 Å². The summed E-state index contributed by atoms with van der Waals surface area (Å²) in [6.07, 6.45) is 3.14. The number of ether oxygens (including phenoxy) is 1. The lowest BCUT2D eigenvalue weighted by Crippen LogP contribution is -2.40. The van der Waals surface area contributed by atoms with Crippen molar-refractivity contribution in [1.29, 1.82) is 0 Å². The Hall–Kier alpha value is -3.58. The highest BCUT2D eigenvalue weighted by Crippen LogP contribution is 2.41. The van der Waals surface area contributed by atoms with Crippen molar-refractivity contribution in [3.05, 3.63) is 81.6 Å². The number of benzene rings is 2. The molecular formula is C26H29N3O4. The van der Waals surface area contributed by atoms with E-state index in [1.54, 1.807) is 19.2 Å². The summed E-state index contributed by atoms with van der Waals surface area (Å²) in [4.78, 5) is 25.4. The number of nitrogens with zero attached hydrogens (tertiary/aromatic N) is 1. The van der Waals surface area contributed by atoms with E-state index < -0.39 is 5.91 Å². The number of fused-ring (bicyclic) bond motifs is 3. The maximum Gasteiger partial charge on any atom is 0.257 e. The van der Waals surface area contributed by atoms with Crippen LogP contribution in [0.5, 0.6) is 11.5 Å². The molecule has 33 heavy (non-hydrogen) atoms. The number of pyridine rings is 1. The Morgan fingerprint density at radius 2 is 2.03 bits per heavy atom. The number of phenolic OH excluding ortho intramolecular Hbond substituents is 1. The second-order valence-corrected chi connectivity index (χ2v) is 8.47. The first-order valence-corrected chi connectivity index (χ1v) is 11.2. The summed E-state index contributed by atoms with van der Waals surface area (Å²) < 4.78 is 7.85. The number of nitrogens with two attached hydrogens (primary N) is 1. The maximum absolute atomic E-state index is 12.8. The molecule has 1 aliphatic heterocycles. The molecule has 4 N–H and O–H groups in total. The molecule has 7 heteroatoms. The third-order valence-electron chi connectivity index (χ3n) is 6.07. The van der Waals surface area contributed by atoms with Gasteiger partial charge < -0.3 is 25.5 Å². The fourth-order valence-corrected chi connectivity index (χ4v) is 4.16. The zero-order chi connectivity index (χ0) is 23.5. The minimum absolute atomic E-state index is 0.0113. The van der Waals surface area contributed by atoms with Crippen LogP contribution in [-0.4, -0.2) is 28.2 Å². The molecule has 0 spiro atoms. The summed E-state index contributed by atoms with van der Waals surface area (Å²) in [5, 5.41) is 13.4. The molecule has 0 bridgehead atoms. The summed E-state index contributed by atoms with van der Waals surface area (Å²) in [6.45, 7) is 4.50. The fourth-order valence-electron chi connectivity index (χ4n) is 4.16. The van der Waals surface area contributed by atoms with Crippen LogP contribution in [0.3, 0.4) is 0 Å². The van der Waals surface area contributed by atoms with E-state index in [1.807, 2.05) is 41.0 Å². The molecule has 1 aromatic heterocycles. The average Bonchev–Trinajstić information content (AvgIpc) is 2.82. The van der Waals surface area contributed by atoms with E-state index in [1.165, 1.54) is 6.07 Å². The Kier molecular flexibility index (Phi) is 6.51. The Bertz CT molecular complexity index is 1220. The van der Waals surface area contributed by atoms with Crippen LogP contribution in [0.2, 0.25) is 0 Å². The molecule has 0 saturated heterocycles. The molecule has 1 aliphatic rings. The van der Waals surface area contributed by atoms with Gasteiger partial charge in [-0.1, -0.05) is 37.3 Å². The van der Waals surface area contributed by atoms with Gasteiger partial charge in [0.05, 0.1) is 5.69 Å². The van der Waals surface area contributed by atoms with Gasteiger partial charge in [0.15, 0.2) is 16.9 Å². The van der Waals surface area contributed by atoms with Crippen molar-refractivity contribution < 1.29 is 14.6 Å². The van der Waals surface area contributed by atoms with E-state index in [0.29, 0.717) is 24.5 Å². The highest BCUT2D eigenvalue weighted by molar-refractivity contribution is 5.94. The fraction of sp³-hybridized carbons (Fsp3) is 0.308. The number of carbonyl (C=O) groups excluding carboxylic acids is 1. The Balaban J connectivity index is 1.70. The van der Waals surface area contributed by atoms with Crippen LogP contribution in [0.1, 0.15) is 47.8 Å². The third-order valence-corrected chi connectivity index (χ3v) is 6.07. The van der Waals surface area contributed by atoms with Gasteiger partial charge in [0.25, 0.3) is 5.91 Å². The number of nitrogens with one attached hydrogen (secondary N) is 1. The maximum atomic E-state index is 12.8. The van der Waals surface area contributed by atoms with Crippen molar-refractivity contribution in [2.75, 3.05) is 6.54 Å². The molecule has 0 radical (unpaired) electrons. The van der Waals surface area contributed by atoms with E-state index in [4.69, 9.17) is 10.5 Å². The molecule has 2 unspecified atom stereocenters. The molecule has 7 nitrogen and oxygen atoms in total. The number of rotatable bonds is 7. The largest absolute Gasteiger partial charge is 0.504 e. The van der Waals surface area contributed by atoms with E-state index in [-0.39, 0.29) is 35.4 Å². The predicted molar refractivity (Wildman–Crippen MR) is 128 cm³/mol. The summed E-state index contributed by atoms with van der Waals surface area (Å²) in [5.74, 6) is -0.00588. The second kappa shape index (κ2) is 9.50. The molecule has 2 heterocycles. The number of amides is 1. The number of carbonyl (C=O) groups is 1. The van der Waals surface area contributed by atoms with Crippen molar-refractivity contribution in [3.8, 4) is 22.8 Å². The molecule has 2 aromatic carbocycles. The first kappa shape index (κ1) is 22.6. The highest BCUT2D eigenvalue weighted by Gasteiger charge is 2.27. The zero-order valence-corrected chi connectivity index (χ0v) is 18.9. The van der Waals surface area contributed by atoms with Crippen LogP contribution in [0.25, 0.3) is 11.3 Å².